The van der Waals surface area contributed by atoms with Crippen LogP contribution < -0.4 is 5.73 Å². The van der Waals surface area contributed by atoms with Crippen LogP contribution in [0.5, 0.6) is 0 Å². The van der Waals surface area contributed by atoms with Crippen molar-refractivity contribution in [2.45, 2.75) is 37.6 Å². The predicted octanol–water partition coefficient (Wildman–Crippen LogP) is 2.51. The van der Waals surface area contributed by atoms with Crippen molar-refractivity contribution in [3.63, 3.8) is 0 Å². The number of hydrogen-bond acceptors (Lipinski definition) is 2. The van der Waals surface area contributed by atoms with Gasteiger partial charge in [-0.05, 0) is 54.9 Å². The van der Waals surface area contributed by atoms with E-state index < -0.39 is 0 Å². The van der Waals surface area contributed by atoms with Crippen molar-refractivity contribution in [1.82, 2.24) is 9.97 Å². The highest BCUT2D eigenvalue weighted by molar-refractivity contribution is 5.61. The number of imidazole rings is 1. The molecule has 2 aliphatic carbocycles. The summed E-state index contributed by atoms with van der Waals surface area (Å²) in [5, 5.41) is 0. The number of nitrogens with zero attached hydrogens (tertiary/aromatic N) is 1. The van der Waals surface area contributed by atoms with Crippen LogP contribution in [0.2, 0.25) is 0 Å². The summed E-state index contributed by atoms with van der Waals surface area (Å²) in [4.78, 5) is 7.83. The largest absolute Gasteiger partial charge is 0.340 e. The molecule has 2 aromatic rings. The van der Waals surface area contributed by atoms with Crippen molar-refractivity contribution in [1.29, 1.82) is 0 Å². The maximum Gasteiger partial charge on any atom is 0.126 e. The fraction of sp³-hybridized carbons (Fsp3) is 0.400. The van der Waals surface area contributed by atoms with E-state index in [0.29, 0.717) is 0 Å². The number of hydrogen-bond donors (Lipinski definition) is 2. The maximum atomic E-state index is 6.16. The summed E-state index contributed by atoms with van der Waals surface area (Å²) < 4.78 is 0. The molecule has 0 spiro atoms. The molecule has 1 saturated carbocycles. The summed E-state index contributed by atoms with van der Waals surface area (Å²) in [5.41, 5.74) is 11.3. The molecule has 0 bridgehead atoms. The van der Waals surface area contributed by atoms with Gasteiger partial charge in [-0.1, -0.05) is 12.1 Å². The van der Waals surface area contributed by atoms with Crippen molar-refractivity contribution in [3.8, 4) is 11.3 Å². The minimum absolute atomic E-state index is 0.172. The number of rotatable bonds is 2. The highest BCUT2D eigenvalue weighted by atomic mass is 15.0. The van der Waals surface area contributed by atoms with E-state index >= 15 is 0 Å². The van der Waals surface area contributed by atoms with Crippen LogP contribution in [0.25, 0.3) is 11.3 Å². The molecule has 3 heteroatoms. The van der Waals surface area contributed by atoms with Crippen LogP contribution in [0, 0.1) is 0 Å². The number of aryl methyl sites for hydroxylation is 2. The van der Waals surface area contributed by atoms with Gasteiger partial charge in [-0.15, -0.1) is 0 Å². The number of fused-ring (bicyclic) bond motifs is 1. The van der Waals surface area contributed by atoms with Crippen molar-refractivity contribution < 1.29 is 0 Å². The summed E-state index contributed by atoms with van der Waals surface area (Å²) in [6.07, 6.45) is 7.74. The molecule has 1 heterocycles. The minimum Gasteiger partial charge on any atom is -0.340 e. The zero-order chi connectivity index (χ0) is 12.2. The van der Waals surface area contributed by atoms with Crippen LogP contribution >= 0.6 is 0 Å². The summed E-state index contributed by atoms with van der Waals surface area (Å²) in [6, 6.07) is 6.75. The van der Waals surface area contributed by atoms with Gasteiger partial charge in [0.1, 0.15) is 5.82 Å². The zero-order valence-corrected chi connectivity index (χ0v) is 10.4. The summed E-state index contributed by atoms with van der Waals surface area (Å²) in [7, 11) is 0. The first kappa shape index (κ1) is 10.3. The number of aromatic amines is 1. The van der Waals surface area contributed by atoms with Gasteiger partial charge >= 0.3 is 0 Å². The number of benzene rings is 1. The van der Waals surface area contributed by atoms with Gasteiger partial charge < -0.3 is 10.7 Å². The van der Waals surface area contributed by atoms with E-state index in [-0.39, 0.29) is 5.54 Å². The molecule has 0 aliphatic heterocycles. The Morgan fingerprint density at radius 1 is 1.17 bits per heavy atom. The predicted molar refractivity (Wildman–Crippen MR) is 71.1 cm³/mol. The van der Waals surface area contributed by atoms with E-state index in [1.807, 2.05) is 6.20 Å². The second-order valence-corrected chi connectivity index (χ2v) is 5.64. The number of aromatic nitrogens is 2. The average Bonchev–Trinajstić information content (AvgIpc) is 2.89. The zero-order valence-electron chi connectivity index (χ0n) is 10.4. The van der Waals surface area contributed by atoms with Gasteiger partial charge in [-0.25, -0.2) is 4.98 Å². The molecule has 0 atom stereocenters. The molecular formula is C15H17N3. The Bertz CT molecular complexity index is 608. The Labute approximate surface area is 106 Å². The first-order valence-corrected chi connectivity index (χ1v) is 6.71. The van der Waals surface area contributed by atoms with E-state index in [4.69, 9.17) is 5.73 Å². The lowest BCUT2D eigenvalue weighted by atomic mass is 10.0. The first-order valence-electron chi connectivity index (χ1n) is 6.71. The summed E-state index contributed by atoms with van der Waals surface area (Å²) in [5.74, 6) is 0.943. The maximum absolute atomic E-state index is 6.16. The molecule has 1 aromatic carbocycles. The molecule has 2 aliphatic rings. The minimum atomic E-state index is -0.172. The molecule has 0 radical (unpaired) electrons. The Morgan fingerprint density at radius 2 is 2.00 bits per heavy atom. The third-order valence-electron chi connectivity index (χ3n) is 4.25. The molecule has 3 N–H and O–H groups in total. The number of nitrogens with one attached hydrogen (secondary N) is 1. The van der Waals surface area contributed by atoms with Crippen LogP contribution in [-0.2, 0) is 18.4 Å². The Hall–Kier alpha value is -1.61. The Balaban J connectivity index is 1.72. The highest BCUT2D eigenvalue weighted by Crippen LogP contribution is 2.41. The molecule has 4 rings (SSSR count). The molecule has 0 amide bonds. The SMILES string of the molecule is NC1(c2ncc(-c3ccc4c(c3)CCC4)[nH]2)CC1. The van der Waals surface area contributed by atoms with Gasteiger partial charge in [0.2, 0.25) is 0 Å². The van der Waals surface area contributed by atoms with Gasteiger partial charge in [0.15, 0.2) is 0 Å². The lowest BCUT2D eigenvalue weighted by Crippen LogP contribution is -2.20. The van der Waals surface area contributed by atoms with Gasteiger partial charge in [-0.2, -0.15) is 0 Å². The quantitative estimate of drug-likeness (QED) is 0.846. The number of H-pyrrole nitrogens is 1. The summed E-state index contributed by atoms with van der Waals surface area (Å²) in [6.45, 7) is 0. The standard InChI is InChI=1S/C15H17N3/c16-15(6-7-15)14-17-9-13(18-14)12-5-4-10-2-1-3-11(10)8-12/h4-5,8-9H,1-3,6-7,16H2,(H,17,18). The molecule has 1 fully saturated rings. The van der Waals surface area contributed by atoms with E-state index in [2.05, 4.69) is 28.2 Å². The molecular weight excluding hydrogens is 222 g/mol. The average molecular weight is 239 g/mol. The first-order chi connectivity index (χ1) is 8.74. The second kappa shape index (κ2) is 3.45. The van der Waals surface area contributed by atoms with Crippen LogP contribution in [0.1, 0.15) is 36.2 Å². The topological polar surface area (TPSA) is 54.7 Å². The van der Waals surface area contributed by atoms with E-state index in [1.54, 1.807) is 0 Å². The second-order valence-electron chi connectivity index (χ2n) is 5.64. The van der Waals surface area contributed by atoms with Crippen molar-refractivity contribution >= 4 is 0 Å². The van der Waals surface area contributed by atoms with Gasteiger partial charge in [-0.3, -0.25) is 0 Å². The van der Waals surface area contributed by atoms with Crippen LogP contribution in [0.4, 0.5) is 0 Å². The lowest BCUT2D eigenvalue weighted by Gasteiger charge is -2.04. The van der Waals surface area contributed by atoms with Gasteiger partial charge in [0, 0.05) is 0 Å². The van der Waals surface area contributed by atoms with E-state index in [1.165, 1.54) is 36.0 Å². The third kappa shape index (κ3) is 1.51. The van der Waals surface area contributed by atoms with Crippen LogP contribution in [-0.4, -0.2) is 9.97 Å². The Morgan fingerprint density at radius 3 is 2.83 bits per heavy atom. The molecule has 92 valence electrons. The van der Waals surface area contributed by atoms with Crippen molar-refractivity contribution in [2.24, 2.45) is 5.73 Å². The van der Waals surface area contributed by atoms with Crippen LogP contribution in [0.15, 0.2) is 24.4 Å². The fourth-order valence-corrected chi connectivity index (χ4v) is 2.83. The third-order valence-corrected chi connectivity index (χ3v) is 4.25. The molecule has 3 nitrogen and oxygen atoms in total. The molecule has 0 unspecified atom stereocenters. The van der Waals surface area contributed by atoms with Crippen molar-refractivity contribution in [2.75, 3.05) is 0 Å². The number of nitrogens with two attached hydrogens (primary N) is 1. The highest BCUT2D eigenvalue weighted by Gasteiger charge is 2.42. The molecule has 18 heavy (non-hydrogen) atoms. The fourth-order valence-electron chi connectivity index (χ4n) is 2.83. The van der Waals surface area contributed by atoms with Gasteiger partial charge in [0.25, 0.3) is 0 Å². The van der Waals surface area contributed by atoms with Gasteiger partial charge in [0.05, 0.1) is 17.4 Å². The van der Waals surface area contributed by atoms with E-state index in [0.717, 1.165) is 24.4 Å². The molecule has 0 saturated heterocycles. The molecule has 1 aromatic heterocycles. The van der Waals surface area contributed by atoms with Crippen LogP contribution in [0.3, 0.4) is 0 Å². The van der Waals surface area contributed by atoms with Crippen molar-refractivity contribution in [3.05, 3.63) is 41.3 Å². The Kier molecular flexibility index (Phi) is 1.98. The summed E-state index contributed by atoms with van der Waals surface area (Å²) >= 11 is 0. The smallest absolute Gasteiger partial charge is 0.126 e. The normalized spacial score (nSPS) is 19.8. The van der Waals surface area contributed by atoms with E-state index in [9.17, 15) is 0 Å². The monoisotopic (exact) mass is 239 g/mol. The lowest BCUT2D eigenvalue weighted by molar-refractivity contribution is 0.685.